The van der Waals surface area contributed by atoms with Crippen LogP contribution in [0.5, 0.6) is 0 Å². The summed E-state index contributed by atoms with van der Waals surface area (Å²) in [5, 5.41) is 3.82. The maximum atomic E-state index is 14.4. The maximum absolute atomic E-state index is 14.4. The molecule has 2 aromatic carbocycles. The number of nitrogens with one attached hydrogen (secondary N) is 2. The van der Waals surface area contributed by atoms with E-state index in [0.717, 1.165) is 12.1 Å². The number of carbonyl (C=O) groups is 4. The van der Waals surface area contributed by atoms with Gasteiger partial charge in [-0.15, -0.1) is 0 Å². The Labute approximate surface area is 190 Å². The molecule has 2 N–H and O–H groups in total. The number of benzene rings is 2. The molecule has 0 aliphatic carbocycles. The SMILES string of the molecule is O=C1CCC(N2Cc3cc(CNC(=O)C(F)(F)c4ccc(F)c(Cl)c4)ccc3C2=O)C(=O)N1. The summed E-state index contributed by atoms with van der Waals surface area (Å²) in [6.45, 7) is -0.129. The van der Waals surface area contributed by atoms with E-state index in [1.54, 1.807) is 6.07 Å². The number of piperidine rings is 1. The van der Waals surface area contributed by atoms with Gasteiger partial charge < -0.3 is 10.2 Å². The third kappa shape index (κ3) is 4.30. The van der Waals surface area contributed by atoms with Gasteiger partial charge in [-0.2, -0.15) is 8.78 Å². The monoisotopic (exact) mass is 479 g/mol. The molecule has 2 aromatic rings. The van der Waals surface area contributed by atoms with Crippen molar-refractivity contribution < 1.29 is 32.3 Å². The van der Waals surface area contributed by atoms with Gasteiger partial charge in [0.15, 0.2) is 0 Å². The van der Waals surface area contributed by atoms with Gasteiger partial charge in [0.1, 0.15) is 11.9 Å². The van der Waals surface area contributed by atoms with Crippen molar-refractivity contribution >= 4 is 35.2 Å². The molecule has 0 spiro atoms. The van der Waals surface area contributed by atoms with Crippen LogP contribution in [0, 0.1) is 5.82 Å². The van der Waals surface area contributed by atoms with Crippen molar-refractivity contribution in [2.24, 2.45) is 0 Å². The Balaban J connectivity index is 1.44. The van der Waals surface area contributed by atoms with E-state index in [1.165, 1.54) is 17.0 Å². The summed E-state index contributed by atoms with van der Waals surface area (Å²) in [4.78, 5) is 49.6. The first-order valence-corrected chi connectivity index (χ1v) is 10.3. The van der Waals surface area contributed by atoms with Crippen molar-refractivity contribution in [3.8, 4) is 0 Å². The van der Waals surface area contributed by atoms with E-state index >= 15 is 0 Å². The highest BCUT2D eigenvalue weighted by Crippen LogP contribution is 2.32. The minimum absolute atomic E-state index is 0.118. The van der Waals surface area contributed by atoms with E-state index in [4.69, 9.17) is 11.6 Å². The molecule has 0 bridgehead atoms. The predicted octanol–water partition coefficient (Wildman–Crippen LogP) is 2.65. The van der Waals surface area contributed by atoms with Gasteiger partial charge in [0, 0.05) is 30.6 Å². The zero-order valence-corrected chi connectivity index (χ0v) is 17.7. The average Bonchev–Trinajstić information content (AvgIpc) is 3.09. The Bertz CT molecular complexity index is 1190. The van der Waals surface area contributed by atoms with Crippen molar-refractivity contribution in [3.63, 3.8) is 0 Å². The lowest BCUT2D eigenvalue weighted by Crippen LogP contribution is -2.52. The molecular formula is C22H17ClF3N3O4. The average molecular weight is 480 g/mol. The van der Waals surface area contributed by atoms with Crippen LogP contribution < -0.4 is 10.6 Å². The Hall–Kier alpha value is -3.40. The van der Waals surface area contributed by atoms with Crippen LogP contribution in [0.15, 0.2) is 36.4 Å². The van der Waals surface area contributed by atoms with Crippen LogP contribution in [0.3, 0.4) is 0 Å². The lowest BCUT2D eigenvalue weighted by atomic mass is 10.0. The fourth-order valence-electron chi connectivity index (χ4n) is 3.85. The largest absolute Gasteiger partial charge is 0.349 e. The zero-order valence-electron chi connectivity index (χ0n) is 17.0. The minimum Gasteiger partial charge on any atom is -0.346 e. The molecule has 2 aliphatic rings. The van der Waals surface area contributed by atoms with E-state index in [1.807, 2.05) is 0 Å². The first-order chi connectivity index (χ1) is 15.6. The summed E-state index contributed by atoms with van der Waals surface area (Å²) in [7, 11) is 0. The van der Waals surface area contributed by atoms with Gasteiger partial charge in [0.25, 0.3) is 11.8 Å². The Morgan fingerprint density at radius 3 is 2.64 bits per heavy atom. The van der Waals surface area contributed by atoms with E-state index in [0.29, 0.717) is 22.8 Å². The van der Waals surface area contributed by atoms with Gasteiger partial charge in [0.05, 0.1) is 5.02 Å². The topological polar surface area (TPSA) is 95.6 Å². The van der Waals surface area contributed by atoms with E-state index in [2.05, 4.69) is 10.6 Å². The summed E-state index contributed by atoms with van der Waals surface area (Å²) >= 11 is 5.53. The van der Waals surface area contributed by atoms with Crippen LogP contribution in [0.2, 0.25) is 5.02 Å². The number of nitrogens with zero attached hydrogens (tertiary/aromatic N) is 1. The molecule has 0 saturated carbocycles. The highest BCUT2D eigenvalue weighted by Gasteiger charge is 2.41. The van der Waals surface area contributed by atoms with Crippen molar-refractivity contribution in [3.05, 3.63) is 69.5 Å². The van der Waals surface area contributed by atoms with Crippen molar-refractivity contribution in [1.29, 1.82) is 0 Å². The second-order valence-corrected chi connectivity index (χ2v) is 8.18. The van der Waals surface area contributed by atoms with Gasteiger partial charge >= 0.3 is 5.92 Å². The smallest absolute Gasteiger partial charge is 0.346 e. The molecule has 1 fully saturated rings. The Morgan fingerprint density at radius 2 is 1.94 bits per heavy atom. The molecule has 4 amide bonds. The lowest BCUT2D eigenvalue weighted by Gasteiger charge is -2.29. The maximum Gasteiger partial charge on any atom is 0.349 e. The number of imide groups is 1. The van der Waals surface area contributed by atoms with Gasteiger partial charge in [-0.3, -0.25) is 24.5 Å². The fraction of sp³-hybridized carbons (Fsp3) is 0.273. The van der Waals surface area contributed by atoms with E-state index < -0.39 is 46.1 Å². The van der Waals surface area contributed by atoms with Crippen LogP contribution in [-0.2, 0) is 33.4 Å². The minimum atomic E-state index is -3.94. The number of carbonyl (C=O) groups excluding carboxylic acids is 4. The Morgan fingerprint density at radius 1 is 1.18 bits per heavy atom. The number of alkyl halides is 2. The van der Waals surface area contributed by atoms with Crippen LogP contribution in [0.4, 0.5) is 13.2 Å². The van der Waals surface area contributed by atoms with Gasteiger partial charge in [-0.1, -0.05) is 23.7 Å². The second kappa shape index (κ2) is 8.51. The third-order valence-electron chi connectivity index (χ3n) is 5.61. The molecule has 0 radical (unpaired) electrons. The van der Waals surface area contributed by atoms with Crippen molar-refractivity contribution in [1.82, 2.24) is 15.5 Å². The number of rotatable bonds is 5. The summed E-state index contributed by atoms with van der Waals surface area (Å²) in [6.07, 6.45) is 0.344. The normalized spacial score (nSPS) is 18.2. The van der Waals surface area contributed by atoms with Crippen LogP contribution >= 0.6 is 11.6 Å². The molecule has 172 valence electrons. The highest BCUT2D eigenvalue weighted by atomic mass is 35.5. The number of fused-ring (bicyclic) bond motifs is 1. The number of hydrogen-bond acceptors (Lipinski definition) is 4. The zero-order chi connectivity index (χ0) is 23.9. The van der Waals surface area contributed by atoms with E-state index in [9.17, 15) is 32.3 Å². The first-order valence-electron chi connectivity index (χ1n) is 9.96. The first kappa shape index (κ1) is 22.8. The summed E-state index contributed by atoms with van der Waals surface area (Å²) in [6, 6.07) is 6.07. The second-order valence-electron chi connectivity index (χ2n) is 7.78. The molecule has 2 heterocycles. The van der Waals surface area contributed by atoms with Gasteiger partial charge in [-0.25, -0.2) is 4.39 Å². The third-order valence-corrected chi connectivity index (χ3v) is 5.90. The Kier molecular flexibility index (Phi) is 5.87. The standard InChI is InChI=1S/C22H17ClF3N3O4/c23-15-8-13(2-4-16(15)24)22(25,26)21(33)27-9-11-1-3-14-12(7-11)10-29(20(14)32)17-5-6-18(30)28-19(17)31/h1-4,7-8,17H,5-6,9-10H2,(H,27,33)(H,28,30,31). The van der Waals surface area contributed by atoms with Crippen LogP contribution in [-0.4, -0.2) is 34.6 Å². The van der Waals surface area contributed by atoms with Crippen molar-refractivity contribution in [2.75, 3.05) is 0 Å². The molecule has 0 aromatic heterocycles. The molecule has 1 saturated heterocycles. The quantitative estimate of drug-likeness (QED) is 0.644. The predicted molar refractivity (Wildman–Crippen MR) is 110 cm³/mol. The molecule has 1 unspecified atom stereocenters. The molecule has 7 nitrogen and oxygen atoms in total. The summed E-state index contributed by atoms with van der Waals surface area (Å²) in [5.74, 6) is -7.70. The number of hydrogen-bond donors (Lipinski definition) is 2. The van der Waals surface area contributed by atoms with Gasteiger partial charge in [-0.05, 0) is 41.8 Å². The summed E-state index contributed by atoms with van der Waals surface area (Å²) in [5.41, 5.74) is 0.661. The molecular weight excluding hydrogens is 463 g/mol. The highest BCUT2D eigenvalue weighted by molar-refractivity contribution is 6.30. The van der Waals surface area contributed by atoms with Crippen molar-refractivity contribution in [2.45, 2.75) is 37.9 Å². The van der Waals surface area contributed by atoms with E-state index in [-0.39, 0.29) is 31.8 Å². The van der Waals surface area contributed by atoms with Crippen LogP contribution in [0.1, 0.15) is 39.9 Å². The molecule has 11 heteroatoms. The fourth-order valence-corrected chi connectivity index (χ4v) is 4.03. The van der Waals surface area contributed by atoms with Crippen LogP contribution in [0.25, 0.3) is 0 Å². The molecule has 33 heavy (non-hydrogen) atoms. The number of amides is 4. The molecule has 4 rings (SSSR count). The molecule has 2 aliphatic heterocycles. The number of halogens is 4. The van der Waals surface area contributed by atoms with Gasteiger partial charge in [0.2, 0.25) is 11.8 Å². The molecule has 1 atom stereocenters. The summed E-state index contributed by atoms with van der Waals surface area (Å²) < 4.78 is 42.1. The lowest BCUT2D eigenvalue weighted by molar-refractivity contribution is -0.147.